The monoisotopic (exact) mass is 99.1 g/mol. The molecule has 0 aromatic rings. The SMILES string of the molecule is CC(C)=C(O)C=N. The quantitative estimate of drug-likeness (QED) is 0.379. The molecule has 0 saturated carbocycles. The molecule has 0 heterocycles. The zero-order chi connectivity index (χ0) is 5.86. The maximum atomic E-state index is 8.57. The zero-order valence-electron chi connectivity index (χ0n) is 4.52. The topological polar surface area (TPSA) is 44.1 Å². The molecule has 0 aliphatic carbocycles. The van der Waals surface area contributed by atoms with Gasteiger partial charge in [0.05, 0.1) is 6.21 Å². The van der Waals surface area contributed by atoms with E-state index in [1.165, 1.54) is 0 Å². The van der Waals surface area contributed by atoms with Crippen LogP contribution in [0.4, 0.5) is 0 Å². The number of hydrogen-bond acceptors (Lipinski definition) is 2. The molecule has 0 aliphatic rings. The highest BCUT2D eigenvalue weighted by Crippen LogP contribution is 1.92. The zero-order valence-corrected chi connectivity index (χ0v) is 4.52. The van der Waals surface area contributed by atoms with Crippen molar-refractivity contribution in [3.05, 3.63) is 11.3 Å². The van der Waals surface area contributed by atoms with Gasteiger partial charge < -0.3 is 10.5 Å². The number of allylic oxidation sites excluding steroid dienone is 2. The van der Waals surface area contributed by atoms with Crippen LogP contribution in [0.15, 0.2) is 11.3 Å². The van der Waals surface area contributed by atoms with Crippen molar-refractivity contribution >= 4 is 6.21 Å². The second-order valence-corrected chi connectivity index (χ2v) is 1.53. The van der Waals surface area contributed by atoms with Crippen LogP contribution in [0.25, 0.3) is 0 Å². The first kappa shape index (κ1) is 6.21. The Morgan fingerprint density at radius 3 is 2.00 bits per heavy atom. The Balaban J connectivity index is 3.98. The first-order chi connectivity index (χ1) is 3.18. The summed E-state index contributed by atoms with van der Waals surface area (Å²) in [6.07, 6.45) is 0.926. The summed E-state index contributed by atoms with van der Waals surface area (Å²) in [5, 5.41) is 15.1. The number of nitrogens with one attached hydrogen (secondary N) is 1. The predicted molar refractivity (Wildman–Crippen MR) is 29.8 cm³/mol. The number of aliphatic hydroxyl groups excluding tert-OH is 1. The fourth-order valence-electron chi connectivity index (χ4n) is 0.144. The summed E-state index contributed by atoms with van der Waals surface area (Å²) in [7, 11) is 0. The maximum Gasteiger partial charge on any atom is 0.131 e. The largest absolute Gasteiger partial charge is 0.506 e. The second kappa shape index (κ2) is 2.39. The molecule has 0 saturated heterocycles. The summed E-state index contributed by atoms with van der Waals surface area (Å²) >= 11 is 0. The first-order valence-corrected chi connectivity index (χ1v) is 2.05. The second-order valence-electron chi connectivity index (χ2n) is 1.53. The average molecular weight is 99.1 g/mol. The van der Waals surface area contributed by atoms with Crippen molar-refractivity contribution in [3.63, 3.8) is 0 Å². The fourth-order valence-corrected chi connectivity index (χ4v) is 0.144. The highest BCUT2D eigenvalue weighted by molar-refractivity contribution is 5.73. The normalized spacial score (nSPS) is 7.71. The van der Waals surface area contributed by atoms with Crippen LogP contribution in [-0.2, 0) is 0 Å². The van der Waals surface area contributed by atoms with Gasteiger partial charge in [-0.2, -0.15) is 0 Å². The van der Waals surface area contributed by atoms with Crippen molar-refractivity contribution in [1.29, 1.82) is 5.41 Å². The van der Waals surface area contributed by atoms with Gasteiger partial charge in [0, 0.05) is 0 Å². The highest BCUT2D eigenvalue weighted by Gasteiger charge is 1.84. The summed E-state index contributed by atoms with van der Waals surface area (Å²) in [4.78, 5) is 0. The smallest absolute Gasteiger partial charge is 0.131 e. The minimum Gasteiger partial charge on any atom is -0.506 e. The molecule has 0 atom stereocenters. The van der Waals surface area contributed by atoms with E-state index in [0.29, 0.717) is 0 Å². The molecule has 2 N–H and O–H groups in total. The number of aliphatic hydroxyl groups is 1. The van der Waals surface area contributed by atoms with Crippen molar-refractivity contribution in [1.82, 2.24) is 0 Å². The third-order valence-electron chi connectivity index (χ3n) is 0.649. The predicted octanol–water partition coefficient (Wildman–Crippen LogP) is 1.49. The molecule has 0 aliphatic heterocycles. The van der Waals surface area contributed by atoms with Gasteiger partial charge in [-0.25, -0.2) is 0 Å². The molecular formula is C5H9NO. The lowest BCUT2D eigenvalue weighted by molar-refractivity contribution is 0.439. The molecule has 0 aromatic carbocycles. The van der Waals surface area contributed by atoms with Crippen LogP contribution < -0.4 is 0 Å². The van der Waals surface area contributed by atoms with E-state index in [9.17, 15) is 0 Å². The lowest BCUT2D eigenvalue weighted by Crippen LogP contribution is -1.81. The number of rotatable bonds is 1. The average Bonchev–Trinajstić information content (AvgIpc) is 1.65. The Morgan fingerprint density at radius 2 is 2.00 bits per heavy atom. The van der Waals surface area contributed by atoms with Gasteiger partial charge in [-0.05, 0) is 19.4 Å². The Bertz CT molecular complexity index is 101. The van der Waals surface area contributed by atoms with Crippen molar-refractivity contribution in [3.8, 4) is 0 Å². The lowest BCUT2D eigenvalue weighted by atomic mass is 10.3. The standard InChI is InChI=1S/C5H9NO/c1-4(2)5(7)3-6/h3,6-7H,1-2H3. The molecule has 0 amide bonds. The third kappa shape index (κ3) is 1.98. The van der Waals surface area contributed by atoms with E-state index >= 15 is 0 Å². The Kier molecular flexibility index (Phi) is 2.12. The summed E-state index contributed by atoms with van der Waals surface area (Å²) in [6, 6.07) is 0. The Hall–Kier alpha value is -0.790. The molecule has 40 valence electrons. The van der Waals surface area contributed by atoms with Gasteiger partial charge in [-0.1, -0.05) is 0 Å². The first-order valence-electron chi connectivity index (χ1n) is 2.05. The van der Waals surface area contributed by atoms with Gasteiger partial charge >= 0.3 is 0 Å². The molecule has 0 bridgehead atoms. The van der Waals surface area contributed by atoms with Gasteiger partial charge in [-0.15, -0.1) is 0 Å². The van der Waals surface area contributed by atoms with Crippen molar-refractivity contribution < 1.29 is 5.11 Å². The Morgan fingerprint density at radius 1 is 1.57 bits per heavy atom. The summed E-state index contributed by atoms with van der Waals surface area (Å²) in [6.45, 7) is 3.50. The van der Waals surface area contributed by atoms with E-state index in [2.05, 4.69) is 0 Å². The van der Waals surface area contributed by atoms with Crippen molar-refractivity contribution in [2.24, 2.45) is 0 Å². The summed E-state index contributed by atoms with van der Waals surface area (Å²) in [5.41, 5.74) is 0.773. The van der Waals surface area contributed by atoms with Crippen LogP contribution in [0, 0.1) is 5.41 Å². The van der Waals surface area contributed by atoms with E-state index in [1.54, 1.807) is 13.8 Å². The summed E-state index contributed by atoms with van der Waals surface area (Å²) in [5.74, 6) is 0.0556. The Labute approximate surface area is 43.0 Å². The molecular weight excluding hydrogens is 90.1 g/mol. The van der Waals surface area contributed by atoms with Gasteiger partial charge in [0.1, 0.15) is 5.76 Å². The molecule has 0 radical (unpaired) electrons. The van der Waals surface area contributed by atoms with Crippen LogP contribution in [0.1, 0.15) is 13.8 Å². The molecule has 0 spiro atoms. The highest BCUT2D eigenvalue weighted by atomic mass is 16.3. The van der Waals surface area contributed by atoms with E-state index in [-0.39, 0.29) is 5.76 Å². The minimum atomic E-state index is 0.0556. The van der Waals surface area contributed by atoms with Gasteiger partial charge in [-0.3, -0.25) is 0 Å². The number of hydrogen-bond donors (Lipinski definition) is 2. The fraction of sp³-hybridized carbons (Fsp3) is 0.400. The third-order valence-corrected chi connectivity index (χ3v) is 0.649. The lowest BCUT2D eigenvalue weighted by Gasteiger charge is -1.88. The van der Waals surface area contributed by atoms with Gasteiger partial charge in [0.15, 0.2) is 0 Å². The van der Waals surface area contributed by atoms with Crippen LogP contribution >= 0.6 is 0 Å². The van der Waals surface area contributed by atoms with E-state index in [4.69, 9.17) is 10.5 Å². The molecule has 0 aromatic heterocycles. The van der Waals surface area contributed by atoms with Gasteiger partial charge in [0.25, 0.3) is 0 Å². The van der Waals surface area contributed by atoms with E-state index in [0.717, 1.165) is 11.8 Å². The minimum absolute atomic E-state index is 0.0556. The van der Waals surface area contributed by atoms with Crippen LogP contribution in [0.5, 0.6) is 0 Å². The molecule has 2 heteroatoms. The molecule has 7 heavy (non-hydrogen) atoms. The molecule has 0 rings (SSSR count). The molecule has 0 unspecified atom stereocenters. The molecule has 2 nitrogen and oxygen atoms in total. The molecule has 0 fully saturated rings. The van der Waals surface area contributed by atoms with Crippen molar-refractivity contribution in [2.45, 2.75) is 13.8 Å². The van der Waals surface area contributed by atoms with Crippen LogP contribution in [0.2, 0.25) is 0 Å². The van der Waals surface area contributed by atoms with Gasteiger partial charge in [0.2, 0.25) is 0 Å². The van der Waals surface area contributed by atoms with Crippen molar-refractivity contribution in [2.75, 3.05) is 0 Å². The van der Waals surface area contributed by atoms with Crippen LogP contribution in [-0.4, -0.2) is 11.3 Å². The maximum absolute atomic E-state index is 8.57. The van der Waals surface area contributed by atoms with Crippen LogP contribution in [0.3, 0.4) is 0 Å². The van der Waals surface area contributed by atoms with E-state index in [1.807, 2.05) is 0 Å². The summed E-state index contributed by atoms with van der Waals surface area (Å²) < 4.78 is 0. The van der Waals surface area contributed by atoms with E-state index < -0.39 is 0 Å².